The second-order valence-corrected chi connectivity index (χ2v) is 6.68. The first-order valence-electron chi connectivity index (χ1n) is 7.40. The van der Waals surface area contributed by atoms with E-state index in [1.165, 1.54) is 6.33 Å². The Bertz CT molecular complexity index is 649. The molecule has 1 saturated heterocycles. The van der Waals surface area contributed by atoms with Gasteiger partial charge in [-0.1, -0.05) is 6.92 Å². The Kier molecular flexibility index (Phi) is 4.53. The summed E-state index contributed by atoms with van der Waals surface area (Å²) in [5, 5.41) is 24.0. The SMILES string of the molecule is CCCSC[C@H]1NC(c2c[nH]c3c(N)ncnc23)[C@H](O)[C@@H]1O. The van der Waals surface area contributed by atoms with Crippen molar-refractivity contribution in [1.29, 1.82) is 0 Å². The average molecular weight is 323 g/mol. The van der Waals surface area contributed by atoms with Crippen molar-refractivity contribution >= 4 is 28.6 Å². The van der Waals surface area contributed by atoms with E-state index in [4.69, 9.17) is 5.73 Å². The molecule has 1 aliphatic rings. The van der Waals surface area contributed by atoms with Gasteiger partial charge in [0.25, 0.3) is 0 Å². The molecule has 6 N–H and O–H groups in total. The third-order valence-corrected chi connectivity index (χ3v) is 5.29. The lowest BCUT2D eigenvalue weighted by Gasteiger charge is -2.14. The Morgan fingerprint density at radius 2 is 2.14 bits per heavy atom. The number of aliphatic hydroxyl groups is 2. The number of aromatic nitrogens is 3. The van der Waals surface area contributed by atoms with Crippen LogP contribution >= 0.6 is 11.8 Å². The van der Waals surface area contributed by atoms with Crippen LogP contribution in [0.4, 0.5) is 5.82 Å². The lowest BCUT2D eigenvalue weighted by Crippen LogP contribution is -2.35. The molecule has 0 bridgehead atoms. The summed E-state index contributed by atoms with van der Waals surface area (Å²) < 4.78 is 0. The van der Waals surface area contributed by atoms with E-state index in [1.54, 1.807) is 18.0 Å². The highest BCUT2D eigenvalue weighted by atomic mass is 32.2. The van der Waals surface area contributed by atoms with E-state index in [0.29, 0.717) is 16.9 Å². The second-order valence-electron chi connectivity index (χ2n) is 5.53. The topological polar surface area (TPSA) is 120 Å². The molecule has 0 aliphatic carbocycles. The predicted octanol–water partition coefficient (Wildman–Crippen LogP) is 0.418. The molecular weight excluding hydrogens is 302 g/mol. The molecule has 0 spiro atoms. The van der Waals surface area contributed by atoms with Crippen LogP contribution in [0.1, 0.15) is 24.9 Å². The van der Waals surface area contributed by atoms with Crippen LogP contribution in [0.3, 0.4) is 0 Å². The number of nitrogens with two attached hydrogens (primary N) is 1. The molecule has 120 valence electrons. The summed E-state index contributed by atoms with van der Waals surface area (Å²) in [6, 6.07) is -0.508. The first-order chi connectivity index (χ1) is 10.6. The van der Waals surface area contributed by atoms with Crippen LogP contribution in [0.2, 0.25) is 0 Å². The van der Waals surface area contributed by atoms with E-state index < -0.39 is 12.2 Å². The number of H-pyrrole nitrogens is 1. The summed E-state index contributed by atoms with van der Waals surface area (Å²) in [5.74, 6) is 2.18. The minimum Gasteiger partial charge on any atom is -0.389 e. The van der Waals surface area contributed by atoms with E-state index in [0.717, 1.165) is 23.5 Å². The van der Waals surface area contributed by atoms with Crippen molar-refractivity contribution in [3.63, 3.8) is 0 Å². The van der Waals surface area contributed by atoms with Crippen LogP contribution in [-0.4, -0.2) is 54.9 Å². The molecular formula is C14H21N5O2S. The molecule has 7 nitrogen and oxygen atoms in total. The zero-order valence-corrected chi connectivity index (χ0v) is 13.2. The number of nitrogens with zero attached hydrogens (tertiary/aromatic N) is 2. The highest BCUT2D eigenvalue weighted by Crippen LogP contribution is 2.33. The molecule has 0 saturated carbocycles. The minimum atomic E-state index is -0.873. The minimum absolute atomic E-state index is 0.138. The Labute approximate surface area is 132 Å². The van der Waals surface area contributed by atoms with Crippen molar-refractivity contribution in [3.8, 4) is 0 Å². The first-order valence-corrected chi connectivity index (χ1v) is 8.56. The van der Waals surface area contributed by atoms with Crippen molar-refractivity contribution in [1.82, 2.24) is 20.3 Å². The molecule has 8 heteroatoms. The van der Waals surface area contributed by atoms with Gasteiger partial charge in [-0.2, -0.15) is 11.8 Å². The largest absolute Gasteiger partial charge is 0.389 e. The van der Waals surface area contributed by atoms with Crippen molar-refractivity contribution < 1.29 is 10.2 Å². The highest BCUT2D eigenvalue weighted by Gasteiger charge is 2.42. The van der Waals surface area contributed by atoms with Gasteiger partial charge in [-0.3, -0.25) is 0 Å². The molecule has 1 unspecified atom stereocenters. The fraction of sp³-hybridized carbons (Fsp3) is 0.571. The summed E-state index contributed by atoms with van der Waals surface area (Å²) in [5.41, 5.74) is 7.96. The van der Waals surface area contributed by atoms with Crippen LogP contribution in [0, 0.1) is 0 Å². The first kappa shape index (κ1) is 15.5. The zero-order valence-electron chi connectivity index (χ0n) is 12.4. The molecule has 0 radical (unpaired) electrons. The van der Waals surface area contributed by atoms with Gasteiger partial charge in [0.2, 0.25) is 0 Å². The predicted molar refractivity (Wildman–Crippen MR) is 87.6 cm³/mol. The molecule has 1 fully saturated rings. The lowest BCUT2D eigenvalue weighted by molar-refractivity contribution is 0.0308. The molecule has 3 rings (SSSR count). The molecule has 0 amide bonds. The second kappa shape index (κ2) is 6.41. The number of rotatable bonds is 5. The van der Waals surface area contributed by atoms with E-state index in [1.807, 2.05) is 0 Å². The molecule has 22 heavy (non-hydrogen) atoms. The average Bonchev–Trinajstić information content (AvgIpc) is 3.05. The molecule has 4 atom stereocenters. The number of nitrogen functional groups attached to an aromatic ring is 1. The number of nitrogens with one attached hydrogen (secondary N) is 2. The summed E-state index contributed by atoms with van der Waals surface area (Å²) in [4.78, 5) is 11.2. The molecule has 3 heterocycles. The smallest absolute Gasteiger partial charge is 0.151 e. The third kappa shape index (κ3) is 2.67. The summed E-state index contributed by atoms with van der Waals surface area (Å²) in [7, 11) is 0. The fourth-order valence-corrected chi connectivity index (χ4v) is 3.86. The molecule has 2 aromatic rings. The van der Waals surface area contributed by atoms with Gasteiger partial charge < -0.3 is 26.2 Å². The number of hydrogen-bond acceptors (Lipinski definition) is 7. The highest BCUT2D eigenvalue weighted by molar-refractivity contribution is 7.99. The monoisotopic (exact) mass is 323 g/mol. The molecule has 1 aliphatic heterocycles. The van der Waals surface area contributed by atoms with Gasteiger partial charge >= 0.3 is 0 Å². The Balaban J connectivity index is 1.83. The van der Waals surface area contributed by atoms with Gasteiger partial charge in [0.05, 0.1) is 17.7 Å². The fourth-order valence-electron chi connectivity index (χ4n) is 2.85. The van der Waals surface area contributed by atoms with E-state index >= 15 is 0 Å². The van der Waals surface area contributed by atoms with E-state index in [9.17, 15) is 10.2 Å². The van der Waals surface area contributed by atoms with Gasteiger partial charge in [0.1, 0.15) is 17.9 Å². The van der Waals surface area contributed by atoms with E-state index in [2.05, 4.69) is 27.2 Å². The lowest BCUT2D eigenvalue weighted by atomic mass is 10.0. The number of fused-ring (bicyclic) bond motifs is 1. The number of aromatic amines is 1. The number of aliphatic hydroxyl groups excluding tert-OH is 2. The normalized spacial score (nSPS) is 28.5. The van der Waals surface area contributed by atoms with Crippen molar-refractivity contribution in [2.75, 3.05) is 17.2 Å². The Morgan fingerprint density at radius 1 is 1.32 bits per heavy atom. The number of anilines is 1. The Morgan fingerprint density at radius 3 is 2.91 bits per heavy atom. The summed E-state index contributed by atoms with van der Waals surface area (Å²) >= 11 is 1.77. The number of thioether (sulfide) groups is 1. The maximum atomic E-state index is 10.4. The van der Waals surface area contributed by atoms with Gasteiger partial charge in [0.15, 0.2) is 5.82 Å². The number of hydrogen-bond donors (Lipinski definition) is 5. The maximum Gasteiger partial charge on any atom is 0.151 e. The maximum absolute atomic E-state index is 10.4. The van der Waals surface area contributed by atoms with Gasteiger partial charge in [-0.05, 0) is 12.2 Å². The third-order valence-electron chi connectivity index (χ3n) is 4.00. The van der Waals surface area contributed by atoms with Crippen molar-refractivity contribution in [3.05, 3.63) is 18.1 Å². The quantitative estimate of drug-likeness (QED) is 0.506. The van der Waals surface area contributed by atoms with Crippen LogP contribution < -0.4 is 11.1 Å². The molecule has 2 aromatic heterocycles. The van der Waals surface area contributed by atoms with Gasteiger partial charge in [-0.15, -0.1) is 0 Å². The summed E-state index contributed by atoms with van der Waals surface area (Å²) in [6.07, 6.45) is 2.60. The zero-order chi connectivity index (χ0) is 15.7. The van der Waals surface area contributed by atoms with E-state index in [-0.39, 0.29) is 12.1 Å². The van der Waals surface area contributed by atoms with Crippen LogP contribution in [0.5, 0.6) is 0 Å². The van der Waals surface area contributed by atoms with Crippen LogP contribution in [0.15, 0.2) is 12.5 Å². The summed E-state index contributed by atoms with van der Waals surface area (Å²) in [6.45, 7) is 2.12. The van der Waals surface area contributed by atoms with Crippen molar-refractivity contribution in [2.24, 2.45) is 0 Å². The standard InChI is InChI=1S/C14H21N5O2S/c1-2-3-22-5-8-12(20)13(21)10(19-8)7-4-16-11-9(7)17-6-18-14(11)15/h4,6,8,10,12-13,16,19-21H,2-3,5H2,1H3,(H2,15,17,18)/t8-,10?,12-,13+/m1/s1. The van der Waals surface area contributed by atoms with Crippen LogP contribution in [0.25, 0.3) is 11.0 Å². The Hall–Kier alpha value is -1.35. The van der Waals surface area contributed by atoms with Gasteiger partial charge in [0, 0.05) is 23.6 Å². The van der Waals surface area contributed by atoms with Gasteiger partial charge in [-0.25, -0.2) is 9.97 Å². The van der Waals surface area contributed by atoms with Crippen LogP contribution in [-0.2, 0) is 0 Å². The molecule has 0 aromatic carbocycles. The van der Waals surface area contributed by atoms with Crippen molar-refractivity contribution in [2.45, 2.75) is 37.6 Å².